The summed E-state index contributed by atoms with van der Waals surface area (Å²) >= 11 is 1.87. The van der Waals surface area contributed by atoms with Crippen LogP contribution in [-0.4, -0.2) is 0 Å². The standard InChI is InChI=1S/C62H39NOS/c1-2-15-45-39-59-56(38-44(45)14-1)61-54(24-12-27-58(61)64-59)52-20-5-7-26-57(52)63(48-35-31-42(32-36-48)51-23-11-25-55-53-21-6-8-28-60(53)65-62(51)55)47-33-29-40(30-34-47)43-17-9-18-46(37-43)50-22-10-16-41-13-3-4-19-49(41)50/h1-39H. The van der Waals surface area contributed by atoms with E-state index in [0.29, 0.717) is 0 Å². The molecule has 0 fully saturated rings. The molecule has 11 aromatic carbocycles. The van der Waals surface area contributed by atoms with Crippen LogP contribution in [0.5, 0.6) is 0 Å². The molecule has 2 heterocycles. The molecule has 2 aromatic heterocycles. The summed E-state index contributed by atoms with van der Waals surface area (Å²) < 4.78 is 9.23. The molecule has 0 radical (unpaired) electrons. The van der Waals surface area contributed by atoms with Crippen LogP contribution >= 0.6 is 11.3 Å². The normalized spacial score (nSPS) is 11.7. The molecule has 0 spiro atoms. The summed E-state index contributed by atoms with van der Waals surface area (Å²) in [4.78, 5) is 2.41. The van der Waals surface area contributed by atoms with Crippen molar-refractivity contribution in [1.29, 1.82) is 0 Å². The Bertz CT molecular complexity index is 3950. The molecule has 13 rings (SSSR count). The van der Waals surface area contributed by atoms with Crippen molar-refractivity contribution in [1.82, 2.24) is 0 Å². The second kappa shape index (κ2) is 15.2. The van der Waals surface area contributed by atoms with Gasteiger partial charge in [0.1, 0.15) is 11.2 Å². The van der Waals surface area contributed by atoms with E-state index < -0.39 is 0 Å². The maximum absolute atomic E-state index is 6.60. The highest BCUT2D eigenvalue weighted by molar-refractivity contribution is 7.26. The van der Waals surface area contributed by atoms with Gasteiger partial charge in [-0.1, -0.05) is 176 Å². The first-order valence-corrected chi connectivity index (χ1v) is 23.0. The van der Waals surface area contributed by atoms with Crippen molar-refractivity contribution in [3.63, 3.8) is 0 Å². The van der Waals surface area contributed by atoms with E-state index in [4.69, 9.17) is 4.42 Å². The minimum atomic E-state index is 0.879. The number of nitrogens with zero attached hydrogens (tertiary/aromatic N) is 1. The zero-order chi connectivity index (χ0) is 42.8. The van der Waals surface area contributed by atoms with Crippen LogP contribution in [0, 0.1) is 0 Å². The van der Waals surface area contributed by atoms with Gasteiger partial charge in [0.25, 0.3) is 0 Å². The molecule has 0 aliphatic rings. The van der Waals surface area contributed by atoms with Crippen LogP contribution in [0.4, 0.5) is 17.1 Å². The van der Waals surface area contributed by atoms with E-state index >= 15 is 0 Å². The Morgan fingerprint density at radius 2 is 0.908 bits per heavy atom. The average Bonchev–Trinajstić information content (AvgIpc) is 3.94. The van der Waals surface area contributed by atoms with Crippen molar-refractivity contribution in [3.05, 3.63) is 237 Å². The molecular weight excluding hydrogens is 807 g/mol. The van der Waals surface area contributed by atoms with Crippen LogP contribution in [0.25, 0.3) is 108 Å². The van der Waals surface area contributed by atoms with Gasteiger partial charge in [-0.2, -0.15) is 0 Å². The van der Waals surface area contributed by atoms with Crippen LogP contribution in [0.3, 0.4) is 0 Å². The number of para-hydroxylation sites is 1. The minimum absolute atomic E-state index is 0.879. The number of hydrogen-bond donors (Lipinski definition) is 0. The van der Waals surface area contributed by atoms with Crippen molar-refractivity contribution in [2.24, 2.45) is 0 Å². The zero-order valence-electron chi connectivity index (χ0n) is 35.3. The van der Waals surface area contributed by atoms with Gasteiger partial charge in [0, 0.05) is 47.9 Å². The van der Waals surface area contributed by atoms with Gasteiger partial charge in [-0.3, -0.25) is 0 Å². The topological polar surface area (TPSA) is 16.4 Å². The number of thiophene rings is 1. The van der Waals surface area contributed by atoms with E-state index in [1.807, 2.05) is 11.3 Å². The molecule has 0 bridgehead atoms. The third kappa shape index (κ3) is 6.31. The highest BCUT2D eigenvalue weighted by atomic mass is 32.1. The van der Waals surface area contributed by atoms with Crippen LogP contribution in [0.15, 0.2) is 241 Å². The third-order valence-electron chi connectivity index (χ3n) is 13.1. The molecule has 65 heavy (non-hydrogen) atoms. The van der Waals surface area contributed by atoms with Gasteiger partial charge in [0.05, 0.1) is 5.69 Å². The Morgan fingerprint density at radius 3 is 1.75 bits per heavy atom. The number of hydrogen-bond acceptors (Lipinski definition) is 3. The van der Waals surface area contributed by atoms with E-state index in [-0.39, 0.29) is 0 Å². The number of furan rings is 1. The maximum Gasteiger partial charge on any atom is 0.136 e. The van der Waals surface area contributed by atoms with Crippen molar-refractivity contribution >= 4 is 92.1 Å². The molecule has 0 aliphatic heterocycles. The largest absolute Gasteiger partial charge is 0.456 e. The first-order valence-electron chi connectivity index (χ1n) is 22.1. The Morgan fingerprint density at radius 1 is 0.323 bits per heavy atom. The lowest BCUT2D eigenvalue weighted by Gasteiger charge is -2.28. The fourth-order valence-corrected chi connectivity index (χ4v) is 11.2. The lowest BCUT2D eigenvalue weighted by Crippen LogP contribution is -2.11. The van der Waals surface area contributed by atoms with Crippen molar-refractivity contribution in [2.75, 3.05) is 4.90 Å². The molecule has 0 unspecified atom stereocenters. The summed E-state index contributed by atoms with van der Waals surface area (Å²) in [7, 11) is 0. The molecular formula is C62H39NOS. The van der Waals surface area contributed by atoms with E-state index in [1.165, 1.54) is 69.5 Å². The fraction of sp³-hybridized carbons (Fsp3) is 0. The molecule has 0 amide bonds. The lowest BCUT2D eigenvalue weighted by molar-refractivity contribution is 0.669. The number of benzene rings is 11. The van der Waals surface area contributed by atoms with Crippen molar-refractivity contribution < 1.29 is 4.42 Å². The van der Waals surface area contributed by atoms with Crippen LogP contribution in [-0.2, 0) is 0 Å². The van der Waals surface area contributed by atoms with Gasteiger partial charge in [-0.25, -0.2) is 0 Å². The van der Waals surface area contributed by atoms with Crippen molar-refractivity contribution in [2.45, 2.75) is 0 Å². The molecule has 2 nitrogen and oxygen atoms in total. The number of anilines is 3. The predicted octanol–water partition coefficient (Wildman–Crippen LogP) is 18.4. The van der Waals surface area contributed by atoms with Crippen LogP contribution in [0.1, 0.15) is 0 Å². The Hall–Kier alpha value is -8.24. The summed E-state index contributed by atoms with van der Waals surface area (Å²) in [6, 6.07) is 85.9. The maximum atomic E-state index is 6.60. The van der Waals surface area contributed by atoms with Crippen LogP contribution < -0.4 is 4.90 Å². The molecule has 3 heteroatoms. The molecule has 0 atom stereocenters. The van der Waals surface area contributed by atoms with E-state index in [0.717, 1.165) is 55.7 Å². The first kappa shape index (κ1) is 37.3. The smallest absolute Gasteiger partial charge is 0.136 e. The molecule has 0 saturated carbocycles. The molecule has 0 N–H and O–H groups in total. The van der Waals surface area contributed by atoms with Crippen LogP contribution in [0.2, 0.25) is 0 Å². The van der Waals surface area contributed by atoms with E-state index in [9.17, 15) is 0 Å². The highest BCUT2D eigenvalue weighted by Gasteiger charge is 2.21. The predicted molar refractivity (Wildman–Crippen MR) is 278 cm³/mol. The Kier molecular flexibility index (Phi) is 8.75. The first-order chi connectivity index (χ1) is 32.2. The minimum Gasteiger partial charge on any atom is -0.456 e. The molecule has 304 valence electrons. The van der Waals surface area contributed by atoms with Gasteiger partial charge >= 0.3 is 0 Å². The highest BCUT2D eigenvalue weighted by Crippen LogP contribution is 2.47. The Labute approximate surface area is 380 Å². The second-order valence-corrected chi connectivity index (χ2v) is 17.9. The van der Waals surface area contributed by atoms with Gasteiger partial charge in [0.2, 0.25) is 0 Å². The SMILES string of the molecule is c1cc(-c2ccc(N(c3ccc(-c4cccc5c4sc4ccccc45)cc3)c3ccccc3-c3cccc4oc5cc6ccccc6cc5c34)cc2)cc(-c2cccc3ccccc23)c1. The number of fused-ring (bicyclic) bond motifs is 8. The van der Waals surface area contributed by atoms with E-state index in [2.05, 4.69) is 241 Å². The van der Waals surface area contributed by atoms with Gasteiger partial charge < -0.3 is 9.32 Å². The van der Waals surface area contributed by atoms with E-state index in [1.54, 1.807) is 0 Å². The summed E-state index contributed by atoms with van der Waals surface area (Å²) in [5.41, 5.74) is 14.5. The number of rotatable bonds is 7. The second-order valence-electron chi connectivity index (χ2n) is 16.8. The Balaban J connectivity index is 0.956. The summed E-state index contributed by atoms with van der Waals surface area (Å²) in [6.45, 7) is 0. The van der Waals surface area contributed by atoms with Gasteiger partial charge in [0.15, 0.2) is 0 Å². The van der Waals surface area contributed by atoms with Gasteiger partial charge in [-0.05, 0) is 121 Å². The zero-order valence-corrected chi connectivity index (χ0v) is 36.1. The lowest BCUT2D eigenvalue weighted by atomic mass is 9.95. The summed E-state index contributed by atoms with van der Waals surface area (Å²) in [5, 5.41) is 9.72. The van der Waals surface area contributed by atoms with Crippen molar-refractivity contribution in [3.8, 4) is 44.5 Å². The molecule has 0 saturated heterocycles. The summed E-state index contributed by atoms with van der Waals surface area (Å²) in [6.07, 6.45) is 0. The average molecular weight is 846 g/mol. The quantitative estimate of drug-likeness (QED) is 0.159. The monoisotopic (exact) mass is 845 g/mol. The summed E-state index contributed by atoms with van der Waals surface area (Å²) in [5.74, 6) is 0. The van der Waals surface area contributed by atoms with Gasteiger partial charge in [-0.15, -0.1) is 11.3 Å². The molecule has 13 aromatic rings. The fourth-order valence-electron chi connectivity index (χ4n) is 9.97. The third-order valence-corrected chi connectivity index (χ3v) is 14.3. The molecule has 0 aliphatic carbocycles.